The molecule has 0 saturated carbocycles. The Kier molecular flexibility index (Phi) is 6.42. The molecule has 1 saturated heterocycles. The highest BCUT2D eigenvalue weighted by atomic mass is 16.5. The van der Waals surface area contributed by atoms with Gasteiger partial charge in [0.25, 0.3) is 0 Å². The fraction of sp³-hybridized carbons (Fsp3) is 0.611. The van der Waals surface area contributed by atoms with E-state index in [-0.39, 0.29) is 11.3 Å². The smallest absolute Gasteiger partial charge is 0.234 e. The summed E-state index contributed by atoms with van der Waals surface area (Å²) in [5, 5.41) is 2.98. The number of nitrogens with zero attached hydrogens (tertiary/aromatic N) is 1. The second-order valence-corrected chi connectivity index (χ2v) is 6.74. The first kappa shape index (κ1) is 17.8. The third kappa shape index (κ3) is 5.52. The summed E-state index contributed by atoms with van der Waals surface area (Å²) in [7, 11) is 0. The Bertz CT molecular complexity index is 503. The average Bonchev–Trinajstić information content (AvgIpc) is 2.93. The van der Waals surface area contributed by atoms with Gasteiger partial charge in [0.2, 0.25) is 5.91 Å². The monoisotopic (exact) mass is 319 g/mol. The quantitative estimate of drug-likeness (QED) is 0.766. The van der Waals surface area contributed by atoms with Gasteiger partial charge in [-0.15, -0.1) is 0 Å². The molecular formula is C18H29N3O2. The lowest BCUT2D eigenvalue weighted by Gasteiger charge is -2.22. The minimum atomic E-state index is 0.0672. The SMILES string of the molecule is CCCOc1ccc(CNC(=O)CN2CCC(C)(CN)C2)cc1. The molecule has 128 valence electrons. The van der Waals surface area contributed by atoms with E-state index in [2.05, 4.69) is 24.1 Å². The van der Waals surface area contributed by atoms with Gasteiger partial charge in [-0.3, -0.25) is 9.69 Å². The Hall–Kier alpha value is -1.59. The summed E-state index contributed by atoms with van der Waals surface area (Å²) < 4.78 is 5.55. The molecular weight excluding hydrogens is 290 g/mol. The summed E-state index contributed by atoms with van der Waals surface area (Å²) in [6.07, 6.45) is 2.06. The zero-order valence-corrected chi connectivity index (χ0v) is 14.3. The second kappa shape index (κ2) is 8.31. The van der Waals surface area contributed by atoms with E-state index in [4.69, 9.17) is 10.5 Å². The molecule has 1 unspecified atom stereocenters. The Labute approximate surface area is 139 Å². The van der Waals surface area contributed by atoms with Gasteiger partial charge in [0.1, 0.15) is 5.75 Å². The van der Waals surface area contributed by atoms with E-state index in [1.54, 1.807) is 0 Å². The number of carbonyl (C=O) groups is 1. The predicted molar refractivity (Wildman–Crippen MR) is 92.3 cm³/mol. The summed E-state index contributed by atoms with van der Waals surface area (Å²) >= 11 is 0. The molecule has 0 spiro atoms. The van der Waals surface area contributed by atoms with Gasteiger partial charge in [-0.25, -0.2) is 0 Å². The molecule has 2 rings (SSSR count). The number of nitrogens with two attached hydrogens (primary N) is 1. The van der Waals surface area contributed by atoms with E-state index in [0.29, 0.717) is 19.6 Å². The maximum Gasteiger partial charge on any atom is 0.234 e. The van der Waals surface area contributed by atoms with Crippen molar-refractivity contribution in [2.45, 2.75) is 33.2 Å². The van der Waals surface area contributed by atoms with Gasteiger partial charge >= 0.3 is 0 Å². The van der Waals surface area contributed by atoms with Crippen molar-refractivity contribution in [2.24, 2.45) is 11.1 Å². The molecule has 1 atom stereocenters. The highest BCUT2D eigenvalue weighted by Gasteiger charge is 2.32. The van der Waals surface area contributed by atoms with Crippen LogP contribution in [0, 0.1) is 5.41 Å². The lowest BCUT2D eigenvalue weighted by Crippen LogP contribution is -2.38. The molecule has 1 aromatic carbocycles. The van der Waals surface area contributed by atoms with E-state index in [9.17, 15) is 4.79 Å². The van der Waals surface area contributed by atoms with Crippen LogP contribution in [0.2, 0.25) is 0 Å². The Morgan fingerprint density at radius 2 is 2.13 bits per heavy atom. The summed E-state index contributed by atoms with van der Waals surface area (Å²) in [6.45, 7) is 8.53. The molecule has 0 aromatic heterocycles. The third-order valence-corrected chi connectivity index (χ3v) is 4.38. The lowest BCUT2D eigenvalue weighted by molar-refractivity contribution is -0.122. The number of hydrogen-bond acceptors (Lipinski definition) is 4. The van der Waals surface area contributed by atoms with Crippen molar-refractivity contribution in [1.29, 1.82) is 0 Å². The Morgan fingerprint density at radius 3 is 2.74 bits per heavy atom. The molecule has 0 bridgehead atoms. The van der Waals surface area contributed by atoms with E-state index in [1.165, 1.54) is 0 Å². The van der Waals surface area contributed by atoms with Gasteiger partial charge in [0.15, 0.2) is 0 Å². The zero-order chi connectivity index (χ0) is 16.7. The summed E-state index contributed by atoms with van der Waals surface area (Å²) in [5.41, 5.74) is 7.04. The van der Waals surface area contributed by atoms with Crippen molar-refractivity contribution in [2.75, 3.05) is 32.8 Å². The molecule has 1 aromatic rings. The van der Waals surface area contributed by atoms with Crippen molar-refractivity contribution >= 4 is 5.91 Å². The van der Waals surface area contributed by atoms with Crippen LogP contribution < -0.4 is 15.8 Å². The van der Waals surface area contributed by atoms with Gasteiger partial charge < -0.3 is 15.8 Å². The Balaban J connectivity index is 1.72. The van der Waals surface area contributed by atoms with Gasteiger partial charge in [-0.1, -0.05) is 26.0 Å². The Morgan fingerprint density at radius 1 is 1.39 bits per heavy atom. The molecule has 1 fully saturated rings. The van der Waals surface area contributed by atoms with Crippen molar-refractivity contribution in [1.82, 2.24) is 10.2 Å². The maximum absolute atomic E-state index is 12.1. The highest BCUT2D eigenvalue weighted by molar-refractivity contribution is 5.78. The van der Waals surface area contributed by atoms with Crippen LogP contribution in [0.1, 0.15) is 32.3 Å². The van der Waals surface area contributed by atoms with Crippen LogP contribution in [-0.2, 0) is 11.3 Å². The molecule has 1 aliphatic rings. The fourth-order valence-electron chi connectivity index (χ4n) is 2.81. The molecule has 0 aliphatic carbocycles. The van der Waals surface area contributed by atoms with Crippen LogP contribution in [0.3, 0.4) is 0 Å². The van der Waals surface area contributed by atoms with Crippen molar-refractivity contribution in [3.8, 4) is 5.75 Å². The molecule has 0 radical (unpaired) electrons. The van der Waals surface area contributed by atoms with Crippen LogP contribution in [0.15, 0.2) is 24.3 Å². The number of nitrogens with one attached hydrogen (secondary N) is 1. The topological polar surface area (TPSA) is 67.6 Å². The van der Waals surface area contributed by atoms with E-state index in [1.807, 2.05) is 24.3 Å². The molecule has 5 heteroatoms. The average molecular weight is 319 g/mol. The first-order chi connectivity index (χ1) is 11.0. The number of benzene rings is 1. The third-order valence-electron chi connectivity index (χ3n) is 4.38. The fourth-order valence-corrected chi connectivity index (χ4v) is 2.81. The minimum absolute atomic E-state index is 0.0672. The van der Waals surface area contributed by atoms with Crippen molar-refractivity contribution in [3.63, 3.8) is 0 Å². The number of carbonyl (C=O) groups excluding carboxylic acids is 1. The minimum Gasteiger partial charge on any atom is -0.494 e. The van der Waals surface area contributed by atoms with Gasteiger partial charge in [0, 0.05) is 13.1 Å². The van der Waals surface area contributed by atoms with Gasteiger partial charge in [0.05, 0.1) is 13.2 Å². The zero-order valence-electron chi connectivity index (χ0n) is 14.3. The predicted octanol–water partition coefficient (Wildman–Crippen LogP) is 1.76. The molecule has 5 nitrogen and oxygen atoms in total. The standard InChI is InChI=1S/C18H29N3O2/c1-3-10-23-16-6-4-15(5-7-16)11-20-17(22)12-21-9-8-18(2,13-19)14-21/h4-7H,3,8-14,19H2,1-2H3,(H,20,22). The summed E-state index contributed by atoms with van der Waals surface area (Å²) in [5.74, 6) is 0.942. The summed E-state index contributed by atoms with van der Waals surface area (Å²) in [4.78, 5) is 14.3. The van der Waals surface area contributed by atoms with E-state index >= 15 is 0 Å². The largest absolute Gasteiger partial charge is 0.494 e. The molecule has 1 aliphatic heterocycles. The van der Waals surface area contributed by atoms with Crippen LogP contribution >= 0.6 is 0 Å². The van der Waals surface area contributed by atoms with Crippen molar-refractivity contribution in [3.05, 3.63) is 29.8 Å². The van der Waals surface area contributed by atoms with E-state index in [0.717, 1.165) is 43.9 Å². The van der Waals surface area contributed by atoms with Gasteiger partial charge in [-0.05, 0) is 49.0 Å². The molecule has 1 heterocycles. The van der Waals surface area contributed by atoms with Gasteiger partial charge in [-0.2, -0.15) is 0 Å². The molecule has 23 heavy (non-hydrogen) atoms. The number of ether oxygens (including phenoxy) is 1. The van der Waals surface area contributed by atoms with Crippen LogP contribution in [-0.4, -0.2) is 43.6 Å². The second-order valence-electron chi connectivity index (χ2n) is 6.74. The van der Waals surface area contributed by atoms with Crippen LogP contribution in [0.5, 0.6) is 5.75 Å². The normalized spacial score (nSPS) is 21.3. The first-order valence-electron chi connectivity index (χ1n) is 8.45. The maximum atomic E-state index is 12.1. The number of hydrogen-bond donors (Lipinski definition) is 2. The van der Waals surface area contributed by atoms with E-state index < -0.39 is 0 Å². The molecule has 3 N–H and O–H groups in total. The number of amides is 1. The number of likely N-dealkylation sites (tertiary alicyclic amines) is 1. The van der Waals surface area contributed by atoms with Crippen LogP contribution in [0.25, 0.3) is 0 Å². The van der Waals surface area contributed by atoms with Crippen LogP contribution in [0.4, 0.5) is 0 Å². The molecule has 1 amide bonds. The summed E-state index contributed by atoms with van der Waals surface area (Å²) in [6, 6.07) is 7.88. The van der Waals surface area contributed by atoms with Crippen molar-refractivity contribution < 1.29 is 9.53 Å². The lowest BCUT2D eigenvalue weighted by atomic mass is 9.90. The number of rotatable bonds is 8. The highest BCUT2D eigenvalue weighted by Crippen LogP contribution is 2.27. The first-order valence-corrected chi connectivity index (χ1v) is 8.45.